The van der Waals surface area contributed by atoms with Crippen LogP contribution in [-0.2, 0) is 6.54 Å². The van der Waals surface area contributed by atoms with Crippen LogP contribution in [0.25, 0.3) is 0 Å². The average Bonchev–Trinajstić information content (AvgIpc) is 2.30. The van der Waals surface area contributed by atoms with Crippen molar-refractivity contribution < 1.29 is 0 Å². The molecule has 4 heteroatoms. The Morgan fingerprint density at radius 2 is 2.06 bits per heavy atom. The summed E-state index contributed by atoms with van der Waals surface area (Å²) in [6, 6.07) is 0.471. The first-order chi connectivity index (χ1) is 8.65. The first-order valence-corrected chi connectivity index (χ1v) is 6.91. The molecule has 2 heterocycles. The molecule has 0 bridgehead atoms. The van der Waals surface area contributed by atoms with Gasteiger partial charge in [-0.1, -0.05) is 0 Å². The largest absolute Gasteiger partial charge is 0.328 e. The monoisotopic (exact) mass is 246 g/mol. The molecule has 18 heavy (non-hydrogen) atoms. The van der Waals surface area contributed by atoms with Gasteiger partial charge < -0.3 is 5.73 Å². The Labute approximate surface area is 109 Å². The lowest BCUT2D eigenvalue weighted by atomic mass is 9.61. The van der Waals surface area contributed by atoms with E-state index in [4.69, 9.17) is 5.73 Å². The van der Waals surface area contributed by atoms with E-state index in [0.29, 0.717) is 11.5 Å². The second kappa shape index (κ2) is 4.59. The summed E-state index contributed by atoms with van der Waals surface area (Å²) in [5.41, 5.74) is 8.62. The molecule has 2 N–H and O–H groups in total. The van der Waals surface area contributed by atoms with E-state index in [1.165, 1.54) is 38.8 Å². The lowest BCUT2D eigenvalue weighted by molar-refractivity contribution is 0.0150. The van der Waals surface area contributed by atoms with Crippen LogP contribution in [0.15, 0.2) is 12.4 Å². The van der Waals surface area contributed by atoms with E-state index in [0.717, 1.165) is 17.9 Å². The zero-order valence-corrected chi connectivity index (χ0v) is 11.1. The molecular formula is C14H22N4. The Balaban J connectivity index is 1.54. The number of aromatic nitrogens is 2. The lowest BCUT2D eigenvalue weighted by Gasteiger charge is -2.51. The number of aryl methyl sites for hydroxylation is 1. The second-order valence-electron chi connectivity index (χ2n) is 6.10. The molecule has 4 nitrogen and oxygen atoms in total. The molecule has 2 aliphatic rings. The van der Waals surface area contributed by atoms with Gasteiger partial charge in [0, 0.05) is 25.0 Å². The fraction of sp³-hybridized carbons (Fsp3) is 0.714. The van der Waals surface area contributed by atoms with Crippen LogP contribution < -0.4 is 5.73 Å². The molecule has 1 aromatic rings. The molecule has 1 saturated heterocycles. The fourth-order valence-corrected chi connectivity index (χ4v) is 3.47. The maximum atomic E-state index is 5.93. The topological polar surface area (TPSA) is 55.0 Å². The zero-order chi connectivity index (χ0) is 12.6. The number of hydrogen-bond donors (Lipinski definition) is 1. The number of rotatable bonds is 2. The van der Waals surface area contributed by atoms with Gasteiger partial charge in [-0.15, -0.1) is 0 Å². The Hall–Kier alpha value is -1.00. The van der Waals surface area contributed by atoms with Crippen molar-refractivity contribution in [1.82, 2.24) is 14.9 Å². The molecule has 2 fully saturated rings. The molecule has 1 aliphatic heterocycles. The third kappa shape index (κ3) is 2.40. The van der Waals surface area contributed by atoms with Gasteiger partial charge in [-0.25, -0.2) is 0 Å². The highest BCUT2D eigenvalue weighted by atomic mass is 15.1. The van der Waals surface area contributed by atoms with Crippen LogP contribution in [-0.4, -0.2) is 34.0 Å². The number of nitrogens with two attached hydrogens (primary N) is 1. The van der Waals surface area contributed by atoms with Gasteiger partial charge in [-0.3, -0.25) is 14.9 Å². The maximum absolute atomic E-state index is 5.93. The van der Waals surface area contributed by atoms with Crippen molar-refractivity contribution in [1.29, 1.82) is 0 Å². The molecule has 0 aromatic carbocycles. The minimum absolute atomic E-state index is 0.471. The Bertz CT molecular complexity index is 416. The van der Waals surface area contributed by atoms with Gasteiger partial charge in [0.05, 0.1) is 11.4 Å². The van der Waals surface area contributed by atoms with Crippen LogP contribution in [0.4, 0.5) is 0 Å². The van der Waals surface area contributed by atoms with Gasteiger partial charge in [0.15, 0.2) is 0 Å². The van der Waals surface area contributed by atoms with Gasteiger partial charge >= 0.3 is 0 Å². The minimum Gasteiger partial charge on any atom is -0.328 e. The van der Waals surface area contributed by atoms with Crippen LogP contribution in [0.5, 0.6) is 0 Å². The minimum atomic E-state index is 0.471. The molecule has 1 aromatic heterocycles. The Morgan fingerprint density at radius 1 is 1.33 bits per heavy atom. The summed E-state index contributed by atoms with van der Waals surface area (Å²) in [6.07, 6.45) is 8.79. The van der Waals surface area contributed by atoms with E-state index in [-0.39, 0.29) is 0 Å². The van der Waals surface area contributed by atoms with E-state index < -0.39 is 0 Å². The molecule has 0 unspecified atom stereocenters. The fourth-order valence-electron chi connectivity index (χ4n) is 3.47. The van der Waals surface area contributed by atoms with Crippen LogP contribution >= 0.6 is 0 Å². The van der Waals surface area contributed by atoms with Gasteiger partial charge in [0.2, 0.25) is 0 Å². The van der Waals surface area contributed by atoms with Crippen molar-refractivity contribution in [2.75, 3.05) is 13.1 Å². The summed E-state index contributed by atoms with van der Waals surface area (Å²) in [5.74, 6) is 0. The molecule has 0 atom stereocenters. The molecule has 98 valence electrons. The van der Waals surface area contributed by atoms with Crippen molar-refractivity contribution in [3.05, 3.63) is 23.8 Å². The number of likely N-dealkylation sites (tertiary alicyclic amines) is 1. The second-order valence-corrected chi connectivity index (χ2v) is 6.10. The molecule has 1 saturated carbocycles. The van der Waals surface area contributed by atoms with E-state index in [1.54, 1.807) is 0 Å². The molecule has 0 amide bonds. The van der Waals surface area contributed by atoms with E-state index >= 15 is 0 Å². The summed E-state index contributed by atoms with van der Waals surface area (Å²) in [7, 11) is 0. The predicted molar refractivity (Wildman–Crippen MR) is 70.9 cm³/mol. The highest BCUT2D eigenvalue weighted by Gasteiger charge is 2.44. The van der Waals surface area contributed by atoms with Crippen LogP contribution in [0.3, 0.4) is 0 Å². The summed E-state index contributed by atoms with van der Waals surface area (Å²) in [5, 5.41) is 0. The van der Waals surface area contributed by atoms with Gasteiger partial charge in [0.1, 0.15) is 0 Å². The molecular weight excluding hydrogens is 224 g/mol. The summed E-state index contributed by atoms with van der Waals surface area (Å²) >= 11 is 0. The first-order valence-electron chi connectivity index (χ1n) is 6.91. The van der Waals surface area contributed by atoms with Gasteiger partial charge in [0.25, 0.3) is 0 Å². The van der Waals surface area contributed by atoms with Gasteiger partial charge in [-0.2, -0.15) is 0 Å². The van der Waals surface area contributed by atoms with Crippen LogP contribution in [0.2, 0.25) is 0 Å². The quantitative estimate of drug-likeness (QED) is 0.859. The lowest BCUT2D eigenvalue weighted by Crippen LogP contribution is -2.51. The van der Waals surface area contributed by atoms with E-state index in [9.17, 15) is 0 Å². The average molecular weight is 246 g/mol. The van der Waals surface area contributed by atoms with Crippen molar-refractivity contribution in [3.8, 4) is 0 Å². The molecule has 3 rings (SSSR count). The van der Waals surface area contributed by atoms with Crippen molar-refractivity contribution >= 4 is 0 Å². The van der Waals surface area contributed by atoms with Crippen LogP contribution in [0, 0.1) is 12.3 Å². The molecule has 1 aliphatic carbocycles. The standard InChI is InChI=1S/C14H22N4/c1-11-8-16-9-13(17-11)10-18-4-2-14(3-5-18)6-12(15)7-14/h8-9,12H,2-7,10,15H2,1H3. The van der Waals surface area contributed by atoms with Crippen molar-refractivity contribution in [3.63, 3.8) is 0 Å². The molecule has 0 radical (unpaired) electrons. The summed E-state index contributed by atoms with van der Waals surface area (Å²) in [6.45, 7) is 5.30. The SMILES string of the molecule is Cc1cncc(CN2CCC3(CC2)CC(N)C3)n1. The normalized spacial score (nSPS) is 24.1. The number of piperidine rings is 1. The smallest absolute Gasteiger partial charge is 0.0730 e. The third-order valence-electron chi connectivity index (χ3n) is 4.50. The van der Waals surface area contributed by atoms with E-state index in [1.807, 2.05) is 19.3 Å². The van der Waals surface area contributed by atoms with Crippen molar-refractivity contribution in [2.45, 2.75) is 45.2 Å². The highest BCUT2D eigenvalue weighted by molar-refractivity contribution is 5.03. The van der Waals surface area contributed by atoms with Gasteiger partial charge in [-0.05, 0) is 51.1 Å². The predicted octanol–water partition coefficient (Wildman–Crippen LogP) is 1.49. The first kappa shape index (κ1) is 12.1. The third-order valence-corrected chi connectivity index (χ3v) is 4.50. The van der Waals surface area contributed by atoms with Crippen LogP contribution in [0.1, 0.15) is 37.1 Å². The number of hydrogen-bond acceptors (Lipinski definition) is 4. The van der Waals surface area contributed by atoms with E-state index in [2.05, 4.69) is 14.9 Å². The highest BCUT2D eigenvalue weighted by Crippen LogP contribution is 2.48. The Morgan fingerprint density at radius 3 is 2.67 bits per heavy atom. The van der Waals surface area contributed by atoms with Crippen molar-refractivity contribution in [2.24, 2.45) is 11.1 Å². The summed E-state index contributed by atoms with van der Waals surface area (Å²) < 4.78 is 0. The Kier molecular flexibility index (Phi) is 3.08. The summed E-state index contributed by atoms with van der Waals surface area (Å²) in [4.78, 5) is 11.2. The maximum Gasteiger partial charge on any atom is 0.0730 e. The number of nitrogens with zero attached hydrogens (tertiary/aromatic N) is 3. The molecule has 1 spiro atoms. The zero-order valence-electron chi connectivity index (χ0n) is 11.1.